The minimum atomic E-state index is -4.50. The molecule has 180 valence electrons. The molecule has 0 bridgehead atoms. The van der Waals surface area contributed by atoms with Crippen LogP contribution in [0.25, 0.3) is 11.1 Å². The summed E-state index contributed by atoms with van der Waals surface area (Å²) in [5.74, 6) is -5.03. The lowest BCUT2D eigenvalue weighted by atomic mass is 9.79. The smallest absolute Gasteiger partial charge is 0.429 e. The van der Waals surface area contributed by atoms with Crippen molar-refractivity contribution in [2.24, 2.45) is 5.92 Å². The molecule has 0 N–H and O–H groups in total. The summed E-state index contributed by atoms with van der Waals surface area (Å²) in [5.41, 5.74) is -0.312. The van der Waals surface area contributed by atoms with Gasteiger partial charge in [0, 0.05) is 17.7 Å². The van der Waals surface area contributed by atoms with E-state index in [1.54, 1.807) is 12.1 Å². The molecule has 3 aromatic rings. The average molecular weight is 478 g/mol. The SMILES string of the molecule is Cc1c(F)cc(OC(F)(F)c2c(F)cc(-c3ccc(C4CCC(C)CC4)cc3)cc2F)cc1F. The Bertz CT molecular complexity index is 1130. The molecule has 0 aromatic heterocycles. The zero-order valence-electron chi connectivity index (χ0n) is 18.8. The van der Waals surface area contributed by atoms with Crippen LogP contribution in [0.4, 0.5) is 26.3 Å². The van der Waals surface area contributed by atoms with Crippen LogP contribution < -0.4 is 4.74 Å². The van der Waals surface area contributed by atoms with Crippen LogP contribution >= 0.6 is 0 Å². The van der Waals surface area contributed by atoms with Crippen LogP contribution in [-0.4, -0.2) is 0 Å². The third-order valence-corrected chi connectivity index (χ3v) is 6.56. The molecule has 34 heavy (non-hydrogen) atoms. The monoisotopic (exact) mass is 478 g/mol. The molecule has 0 atom stereocenters. The molecule has 0 spiro atoms. The lowest BCUT2D eigenvalue weighted by molar-refractivity contribution is -0.189. The van der Waals surface area contributed by atoms with Crippen molar-refractivity contribution < 1.29 is 31.1 Å². The van der Waals surface area contributed by atoms with Crippen molar-refractivity contribution in [2.75, 3.05) is 0 Å². The van der Waals surface area contributed by atoms with Gasteiger partial charge in [-0.1, -0.05) is 44.0 Å². The number of hydrogen-bond acceptors (Lipinski definition) is 1. The summed E-state index contributed by atoms with van der Waals surface area (Å²) >= 11 is 0. The van der Waals surface area contributed by atoms with E-state index < -0.39 is 40.7 Å². The van der Waals surface area contributed by atoms with Gasteiger partial charge >= 0.3 is 6.11 Å². The van der Waals surface area contributed by atoms with Gasteiger partial charge < -0.3 is 4.74 Å². The molecular formula is C27H24F6O. The fraction of sp³-hybridized carbons (Fsp3) is 0.333. The van der Waals surface area contributed by atoms with E-state index in [9.17, 15) is 26.3 Å². The average Bonchev–Trinajstić information content (AvgIpc) is 2.77. The van der Waals surface area contributed by atoms with E-state index in [1.165, 1.54) is 0 Å². The van der Waals surface area contributed by atoms with Gasteiger partial charge in [-0.25, -0.2) is 17.6 Å². The number of halogens is 6. The van der Waals surface area contributed by atoms with Gasteiger partial charge in [0.05, 0.1) is 0 Å². The predicted molar refractivity (Wildman–Crippen MR) is 118 cm³/mol. The number of hydrogen-bond donors (Lipinski definition) is 0. The first-order valence-electron chi connectivity index (χ1n) is 11.2. The molecule has 0 amide bonds. The first-order chi connectivity index (χ1) is 16.0. The molecule has 1 aliphatic carbocycles. The zero-order chi connectivity index (χ0) is 24.6. The third-order valence-electron chi connectivity index (χ3n) is 6.56. The molecule has 0 radical (unpaired) electrons. The van der Waals surface area contributed by atoms with E-state index in [4.69, 9.17) is 0 Å². The molecule has 1 fully saturated rings. The number of alkyl halides is 2. The van der Waals surface area contributed by atoms with Crippen molar-refractivity contribution >= 4 is 0 Å². The van der Waals surface area contributed by atoms with E-state index in [1.807, 2.05) is 12.1 Å². The molecule has 1 saturated carbocycles. The highest BCUT2D eigenvalue weighted by Crippen LogP contribution is 2.39. The van der Waals surface area contributed by atoms with Crippen LogP contribution in [0.1, 0.15) is 55.2 Å². The molecule has 0 saturated heterocycles. The van der Waals surface area contributed by atoms with Gasteiger partial charge in [0.15, 0.2) is 0 Å². The molecule has 7 heteroatoms. The summed E-state index contributed by atoms with van der Waals surface area (Å²) in [6.07, 6.45) is -0.0155. The summed E-state index contributed by atoms with van der Waals surface area (Å²) in [5, 5.41) is 0. The van der Waals surface area contributed by atoms with Gasteiger partial charge in [-0.15, -0.1) is 0 Å². The Morgan fingerprint density at radius 3 is 1.79 bits per heavy atom. The Morgan fingerprint density at radius 2 is 1.26 bits per heavy atom. The van der Waals surface area contributed by atoms with Crippen molar-refractivity contribution in [1.82, 2.24) is 0 Å². The van der Waals surface area contributed by atoms with E-state index in [2.05, 4.69) is 11.7 Å². The maximum atomic E-state index is 14.7. The molecule has 3 aromatic carbocycles. The van der Waals surface area contributed by atoms with Crippen molar-refractivity contribution in [3.05, 3.63) is 88.5 Å². The third kappa shape index (κ3) is 4.93. The minimum absolute atomic E-state index is 0.0887. The lowest BCUT2D eigenvalue weighted by Crippen LogP contribution is -2.25. The van der Waals surface area contributed by atoms with E-state index in [-0.39, 0.29) is 11.1 Å². The highest BCUT2D eigenvalue weighted by atomic mass is 19.3. The number of rotatable bonds is 5. The van der Waals surface area contributed by atoms with Gasteiger partial charge in [0.25, 0.3) is 0 Å². The minimum Gasteiger partial charge on any atom is -0.429 e. The molecule has 1 aliphatic rings. The molecule has 0 heterocycles. The van der Waals surface area contributed by atoms with Crippen LogP contribution in [0.2, 0.25) is 0 Å². The Kier molecular flexibility index (Phi) is 6.65. The summed E-state index contributed by atoms with van der Waals surface area (Å²) < 4.78 is 90.2. The highest BCUT2D eigenvalue weighted by Gasteiger charge is 2.41. The largest absolute Gasteiger partial charge is 0.432 e. The van der Waals surface area contributed by atoms with Gasteiger partial charge in [-0.2, -0.15) is 8.78 Å². The van der Waals surface area contributed by atoms with Crippen LogP contribution in [0.3, 0.4) is 0 Å². The normalized spacial score (nSPS) is 18.7. The first kappa shape index (κ1) is 24.2. The fourth-order valence-electron chi connectivity index (χ4n) is 4.44. The van der Waals surface area contributed by atoms with Crippen LogP contribution in [-0.2, 0) is 6.11 Å². The second-order valence-corrected chi connectivity index (χ2v) is 9.02. The first-order valence-corrected chi connectivity index (χ1v) is 11.2. The number of ether oxygens (including phenoxy) is 1. The molecular weight excluding hydrogens is 454 g/mol. The Labute approximate surface area is 194 Å². The standard InChI is InChI=1S/C27H24F6O/c1-15-3-5-17(6-4-15)18-7-9-19(10-8-18)20-11-24(30)26(25(31)12-20)27(32,33)34-21-13-22(28)16(2)23(29)14-21/h7-15,17H,3-6H2,1-2H3. The highest BCUT2D eigenvalue weighted by molar-refractivity contribution is 5.64. The summed E-state index contributed by atoms with van der Waals surface area (Å²) in [6.45, 7) is 3.35. The molecule has 0 aliphatic heterocycles. The molecule has 0 unspecified atom stereocenters. The number of benzene rings is 3. The van der Waals surface area contributed by atoms with Gasteiger partial charge in [-0.05, 0) is 60.4 Å². The van der Waals surface area contributed by atoms with Crippen molar-refractivity contribution in [1.29, 1.82) is 0 Å². The Morgan fingerprint density at radius 1 is 0.735 bits per heavy atom. The summed E-state index contributed by atoms with van der Waals surface area (Å²) in [6, 6.07) is 9.89. The van der Waals surface area contributed by atoms with E-state index >= 15 is 0 Å². The van der Waals surface area contributed by atoms with Crippen molar-refractivity contribution in [3.63, 3.8) is 0 Å². The van der Waals surface area contributed by atoms with Crippen LogP contribution in [0.15, 0.2) is 48.5 Å². The molecule has 1 nitrogen and oxygen atoms in total. The van der Waals surface area contributed by atoms with Crippen molar-refractivity contribution in [3.8, 4) is 16.9 Å². The lowest BCUT2D eigenvalue weighted by Gasteiger charge is -2.26. The summed E-state index contributed by atoms with van der Waals surface area (Å²) in [4.78, 5) is 0. The van der Waals surface area contributed by atoms with E-state index in [0.29, 0.717) is 29.5 Å². The quantitative estimate of drug-likeness (QED) is 0.334. The van der Waals surface area contributed by atoms with Crippen LogP contribution in [0, 0.1) is 36.1 Å². The predicted octanol–water partition coefficient (Wildman–Crippen LogP) is 8.64. The second-order valence-electron chi connectivity index (χ2n) is 9.02. The Hall–Kier alpha value is -2.96. The Balaban J connectivity index is 1.58. The van der Waals surface area contributed by atoms with Crippen LogP contribution in [0.5, 0.6) is 5.75 Å². The summed E-state index contributed by atoms with van der Waals surface area (Å²) in [7, 11) is 0. The second kappa shape index (κ2) is 9.35. The zero-order valence-corrected chi connectivity index (χ0v) is 18.8. The maximum absolute atomic E-state index is 14.7. The topological polar surface area (TPSA) is 9.23 Å². The van der Waals surface area contributed by atoms with Gasteiger partial charge in [-0.3, -0.25) is 0 Å². The fourth-order valence-corrected chi connectivity index (χ4v) is 4.44. The van der Waals surface area contributed by atoms with Gasteiger partial charge in [0.2, 0.25) is 0 Å². The maximum Gasteiger partial charge on any atom is 0.432 e. The van der Waals surface area contributed by atoms with E-state index in [0.717, 1.165) is 50.3 Å². The van der Waals surface area contributed by atoms with Crippen molar-refractivity contribution in [2.45, 2.75) is 51.6 Å². The molecule has 4 rings (SSSR count). The van der Waals surface area contributed by atoms with Gasteiger partial charge in [0.1, 0.15) is 34.6 Å².